The molecule has 126 valence electrons. The summed E-state index contributed by atoms with van der Waals surface area (Å²) in [6.45, 7) is 2.19. The van der Waals surface area contributed by atoms with E-state index >= 15 is 0 Å². The highest BCUT2D eigenvalue weighted by Crippen LogP contribution is 2.22. The fraction of sp³-hybridized carbons (Fsp3) is 0.538. The number of nitrogens with one attached hydrogen (secondary N) is 2. The van der Waals surface area contributed by atoms with Crippen molar-refractivity contribution in [2.24, 2.45) is 5.92 Å². The number of aliphatic hydroxyl groups is 1. The molecule has 2 aromatic heterocycles. The van der Waals surface area contributed by atoms with E-state index in [4.69, 9.17) is 15.4 Å². The molecule has 0 aromatic carbocycles. The van der Waals surface area contributed by atoms with Crippen LogP contribution in [0, 0.1) is 5.92 Å². The molecule has 1 saturated heterocycles. The van der Waals surface area contributed by atoms with Crippen LogP contribution in [0.2, 0.25) is 0 Å². The quantitative estimate of drug-likeness (QED) is 0.342. The minimum atomic E-state index is -0.469. The zero-order valence-electron chi connectivity index (χ0n) is 12.5. The van der Waals surface area contributed by atoms with E-state index in [1.165, 1.54) is 0 Å². The van der Waals surface area contributed by atoms with Gasteiger partial charge >= 0.3 is 0 Å². The third kappa shape index (κ3) is 3.54. The Morgan fingerprint density at radius 3 is 3.13 bits per heavy atom. The highest BCUT2D eigenvalue weighted by Gasteiger charge is 2.31. The van der Waals surface area contributed by atoms with E-state index in [9.17, 15) is 9.90 Å². The molecule has 6 N–H and O–H groups in total. The van der Waals surface area contributed by atoms with Crippen LogP contribution in [0.4, 0.5) is 5.95 Å². The fourth-order valence-corrected chi connectivity index (χ4v) is 3.15. The molecule has 3 rings (SSSR count). The summed E-state index contributed by atoms with van der Waals surface area (Å²) >= 11 is 0. The molecule has 1 fully saturated rings. The SMILES string of the molecule is Nc1nc2c(CN3CC(O)C(COCPO)C3)c[nH]c2c(=O)[nH]1. The minimum absolute atomic E-state index is 0.0120. The van der Waals surface area contributed by atoms with Crippen molar-refractivity contribution in [3.05, 3.63) is 22.1 Å². The first kappa shape index (κ1) is 16.4. The van der Waals surface area contributed by atoms with Crippen LogP contribution in [-0.2, 0) is 11.3 Å². The Bertz CT molecular complexity index is 733. The molecule has 3 unspecified atom stereocenters. The Balaban J connectivity index is 1.70. The van der Waals surface area contributed by atoms with E-state index in [0.29, 0.717) is 43.6 Å². The van der Waals surface area contributed by atoms with Gasteiger partial charge in [-0.15, -0.1) is 0 Å². The second-order valence-corrected chi connectivity index (χ2v) is 6.29. The lowest BCUT2D eigenvalue weighted by molar-refractivity contribution is 0.0715. The van der Waals surface area contributed by atoms with Gasteiger partial charge in [-0.25, -0.2) is 4.98 Å². The minimum Gasteiger partial charge on any atom is -0.391 e. The third-order valence-corrected chi connectivity index (χ3v) is 4.34. The maximum atomic E-state index is 11.8. The lowest BCUT2D eigenvalue weighted by Gasteiger charge is -2.15. The summed E-state index contributed by atoms with van der Waals surface area (Å²) < 4.78 is 5.32. The molecule has 1 aliphatic heterocycles. The van der Waals surface area contributed by atoms with Gasteiger partial charge in [0, 0.05) is 46.1 Å². The van der Waals surface area contributed by atoms with Crippen LogP contribution < -0.4 is 11.3 Å². The molecule has 3 atom stereocenters. The second-order valence-electron chi connectivity index (χ2n) is 5.68. The van der Waals surface area contributed by atoms with Crippen molar-refractivity contribution in [3.8, 4) is 0 Å². The molecular formula is C13H20N5O4P. The van der Waals surface area contributed by atoms with Crippen molar-refractivity contribution in [2.45, 2.75) is 12.6 Å². The summed E-state index contributed by atoms with van der Waals surface area (Å²) in [5.74, 6) is 0.0962. The molecule has 1 aliphatic rings. The largest absolute Gasteiger partial charge is 0.391 e. The molecule has 0 amide bonds. The van der Waals surface area contributed by atoms with Gasteiger partial charge in [-0.2, -0.15) is 0 Å². The number of fused-ring (bicyclic) bond motifs is 1. The van der Waals surface area contributed by atoms with Crippen molar-refractivity contribution in [3.63, 3.8) is 0 Å². The van der Waals surface area contributed by atoms with E-state index in [-0.39, 0.29) is 26.2 Å². The van der Waals surface area contributed by atoms with Gasteiger partial charge in [0.05, 0.1) is 19.1 Å². The monoisotopic (exact) mass is 341 g/mol. The zero-order chi connectivity index (χ0) is 16.4. The molecule has 10 heteroatoms. The number of β-amino-alcohol motifs (C(OH)–C–C–N with tert-alkyl or cyclic N) is 1. The number of H-pyrrole nitrogens is 2. The summed E-state index contributed by atoms with van der Waals surface area (Å²) in [5, 5.41) is 10.1. The van der Waals surface area contributed by atoms with Gasteiger partial charge in [0.15, 0.2) is 0 Å². The molecule has 0 saturated carbocycles. The molecule has 3 heterocycles. The molecular weight excluding hydrogens is 321 g/mol. The van der Waals surface area contributed by atoms with Crippen LogP contribution in [0.3, 0.4) is 0 Å². The number of aliphatic hydroxyl groups excluding tert-OH is 1. The average Bonchev–Trinajstić information content (AvgIpc) is 3.04. The van der Waals surface area contributed by atoms with Gasteiger partial charge in [-0.05, 0) is 0 Å². The van der Waals surface area contributed by atoms with Crippen molar-refractivity contribution in [1.82, 2.24) is 19.9 Å². The van der Waals surface area contributed by atoms with Crippen molar-refractivity contribution >= 4 is 25.8 Å². The Morgan fingerprint density at radius 1 is 1.52 bits per heavy atom. The van der Waals surface area contributed by atoms with Crippen LogP contribution >= 0.6 is 8.81 Å². The number of nitrogens with zero attached hydrogens (tertiary/aromatic N) is 2. The van der Waals surface area contributed by atoms with Crippen LogP contribution in [0.25, 0.3) is 11.0 Å². The topological polar surface area (TPSA) is 140 Å². The molecule has 2 aromatic rings. The van der Waals surface area contributed by atoms with Crippen LogP contribution in [0.5, 0.6) is 0 Å². The molecule has 0 spiro atoms. The van der Waals surface area contributed by atoms with Crippen molar-refractivity contribution < 1.29 is 14.7 Å². The fourth-order valence-electron chi connectivity index (χ4n) is 2.94. The Morgan fingerprint density at radius 2 is 2.35 bits per heavy atom. The van der Waals surface area contributed by atoms with Gasteiger partial charge < -0.3 is 25.5 Å². The first-order chi connectivity index (χ1) is 11.1. The Labute approximate surface area is 133 Å². The maximum absolute atomic E-state index is 11.8. The first-order valence-electron chi connectivity index (χ1n) is 7.29. The summed E-state index contributed by atoms with van der Waals surface area (Å²) in [5.41, 5.74) is 7.13. The third-order valence-electron chi connectivity index (χ3n) is 4.01. The molecule has 9 nitrogen and oxygen atoms in total. The lowest BCUT2D eigenvalue weighted by atomic mass is 10.1. The number of hydrogen-bond donors (Lipinski definition) is 5. The average molecular weight is 341 g/mol. The number of nitrogens with two attached hydrogens (primary N) is 1. The number of anilines is 1. The molecule has 0 bridgehead atoms. The molecule has 0 aliphatic carbocycles. The first-order valence-corrected chi connectivity index (χ1v) is 8.44. The summed E-state index contributed by atoms with van der Waals surface area (Å²) in [6.07, 6.45) is 1.58. The van der Waals surface area contributed by atoms with E-state index in [0.717, 1.165) is 5.56 Å². The number of aromatic amines is 2. The van der Waals surface area contributed by atoms with Crippen LogP contribution in [0.15, 0.2) is 11.0 Å². The Kier molecular flexibility index (Phi) is 4.93. The number of rotatable bonds is 6. The van der Waals surface area contributed by atoms with Crippen molar-refractivity contribution in [1.29, 1.82) is 0 Å². The van der Waals surface area contributed by atoms with Gasteiger partial charge in [-0.3, -0.25) is 14.7 Å². The number of likely N-dealkylation sites (tertiary alicyclic amines) is 1. The summed E-state index contributed by atoms with van der Waals surface area (Å²) in [7, 11) is -0.239. The van der Waals surface area contributed by atoms with Gasteiger partial charge in [0.1, 0.15) is 11.0 Å². The molecule has 23 heavy (non-hydrogen) atoms. The summed E-state index contributed by atoms with van der Waals surface area (Å²) in [6, 6.07) is 0. The zero-order valence-corrected chi connectivity index (χ0v) is 13.5. The number of ether oxygens (including phenoxy) is 1. The van der Waals surface area contributed by atoms with Crippen LogP contribution in [-0.4, -0.2) is 62.0 Å². The normalized spacial score (nSPS) is 22.7. The number of aromatic nitrogens is 3. The predicted octanol–water partition coefficient (Wildman–Crippen LogP) is -0.814. The van der Waals surface area contributed by atoms with E-state index in [1.807, 2.05) is 0 Å². The predicted molar refractivity (Wildman–Crippen MR) is 87.3 cm³/mol. The van der Waals surface area contributed by atoms with Gasteiger partial charge in [0.25, 0.3) is 5.56 Å². The smallest absolute Gasteiger partial charge is 0.276 e. The number of nitrogen functional groups attached to an aromatic ring is 1. The van der Waals surface area contributed by atoms with Gasteiger partial charge in [-0.1, -0.05) is 0 Å². The summed E-state index contributed by atoms with van der Waals surface area (Å²) in [4.78, 5) is 32.2. The highest BCUT2D eigenvalue weighted by atomic mass is 31.1. The van der Waals surface area contributed by atoms with E-state index in [1.54, 1.807) is 6.20 Å². The number of hydrogen-bond acceptors (Lipinski definition) is 7. The Hall–Kier alpha value is -1.51. The van der Waals surface area contributed by atoms with E-state index < -0.39 is 6.10 Å². The maximum Gasteiger partial charge on any atom is 0.276 e. The molecule has 0 radical (unpaired) electrons. The van der Waals surface area contributed by atoms with Gasteiger partial charge in [0.2, 0.25) is 5.95 Å². The van der Waals surface area contributed by atoms with Crippen molar-refractivity contribution in [2.75, 3.05) is 31.8 Å². The standard InChI is InChI=1S/C13H20N5O4P/c14-13-16-10-7(1-15-11(10)12(20)17-13)2-18-3-8(9(19)4-18)5-22-6-23-21/h1,8-9,15,19,21,23H,2-6H2,(H3,14,16,17,20). The highest BCUT2D eigenvalue weighted by molar-refractivity contribution is 7.30. The van der Waals surface area contributed by atoms with E-state index in [2.05, 4.69) is 19.9 Å². The van der Waals surface area contributed by atoms with Crippen LogP contribution in [0.1, 0.15) is 5.56 Å². The lowest BCUT2D eigenvalue weighted by Crippen LogP contribution is -2.22. The second kappa shape index (κ2) is 6.94.